The van der Waals surface area contributed by atoms with Gasteiger partial charge in [0.2, 0.25) is 0 Å². The minimum Gasteiger partial charge on any atom is -0.425 e. The van der Waals surface area contributed by atoms with Crippen molar-refractivity contribution in [3.8, 4) is 6.07 Å². The highest BCUT2D eigenvalue weighted by Gasteiger charge is 2.20. The predicted octanol–water partition coefficient (Wildman–Crippen LogP) is 4.07. The second-order valence-electron chi connectivity index (χ2n) is 4.96. The molecule has 7 heteroatoms. The third-order valence-corrected chi connectivity index (χ3v) is 4.30. The molecule has 2 aromatic rings. The number of nitrogens with zero attached hydrogens (tertiary/aromatic N) is 4. The standard InChI is InChI=1S/C19H18N4O2S/c1-4-7-14(8-5-2)19-22-16(12-26-19)15(11-20)18(25-13-24)17-9-10-21-23(17)6-3/h4-5,7-10,12-13H,1,6H2,2-3H3/b8-5-,14-7+,18-15-. The smallest absolute Gasteiger partial charge is 0.298 e. The molecule has 0 aliphatic heterocycles. The molecule has 0 unspecified atom stereocenters. The van der Waals surface area contributed by atoms with E-state index in [4.69, 9.17) is 4.74 Å². The number of ether oxygens (including phenoxy) is 1. The third kappa shape index (κ3) is 4.05. The first-order chi connectivity index (χ1) is 12.7. The third-order valence-electron chi connectivity index (χ3n) is 3.40. The van der Waals surface area contributed by atoms with Gasteiger partial charge in [0, 0.05) is 23.7 Å². The molecule has 0 saturated heterocycles. The fraction of sp³-hybridized carbons (Fsp3) is 0.158. The van der Waals surface area contributed by atoms with Crippen molar-refractivity contribution in [2.45, 2.75) is 20.4 Å². The van der Waals surface area contributed by atoms with Crippen molar-refractivity contribution in [2.24, 2.45) is 0 Å². The molecule has 0 radical (unpaired) electrons. The average molecular weight is 366 g/mol. The lowest BCUT2D eigenvalue weighted by molar-refractivity contribution is -0.122. The largest absolute Gasteiger partial charge is 0.425 e. The maximum Gasteiger partial charge on any atom is 0.298 e. The van der Waals surface area contributed by atoms with Crippen molar-refractivity contribution in [2.75, 3.05) is 0 Å². The fourth-order valence-corrected chi connectivity index (χ4v) is 3.14. The summed E-state index contributed by atoms with van der Waals surface area (Å²) in [5.74, 6) is 0.138. The minimum atomic E-state index is 0.138. The maximum atomic E-state index is 11.0. The topological polar surface area (TPSA) is 80.8 Å². The summed E-state index contributed by atoms with van der Waals surface area (Å²) in [7, 11) is 0. The summed E-state index contributed by atoms with van der Waals surface area (Å²) in [4.78, 5) is 15.5. The number of thiazole rings is 1. The highest BCUT2D eigenvalue weighted by atomic mass is 32.1. The quantitative estimate of drug-likeness (QED) is 0.304. The molecule has 0 aliphatic carbocycles. The first kappa shape index (κ1) is 19.1. The number of aryl methyl sites for hydroxylation is 1. The van der Waals surface area contributed by atoms with E-state index in [0.29, 0.717) is 24.4 Å². The zero-order chi connectivity index (χ0) is 18.9. The molecule has 0 amide bonds. The molecule has 0 saturated carbocycles. The highest BCUT2D eigenvalue weighted by Crippen LogP contribution is 2.30. The fourth-order valence-electron chi connectivity index (χ4n) is 2.32. The van der Waals surface area contributed by atoms with Gasteiger partial charge in [-0.2, -0.15) is 10.4 Å². The van der Waals surface area contributed by atoms with Crippen LogP contribution in [0.4, 0.5) is 0 Å². The van der Waals surface area contributed by atoms with Crippen LogP contribution in [0.5, 0.6) is 0 Å². The van der Waals surface area contributed by atoms with E-state index in [9.17, 15) is 10.1 Å². The van der Waals surface area contributed by atoms with Gasteiger partial charge in [0.1, 0.15) is 22.3 Å². The highest BCUT2D eigenvalue weighted by molar-refractivity contribution is 7.11. The lowest BCUT2D eigenvalue weighted by atomic mass is 10.1. The van der Waals surface area contributed by atoms with Gasteiger partial charge >= 0.3 is 0 Å². The number of rotatable bonds is 8. The predicted molar refractivity (Wildman–Crippen MR) is 103 cm³/mol. The second kappa shape index (κ2) is 9.30. The van der Waals surface area contributed by atoms with Crippen molar-refractivity contribution in [3.63, 3.8) is 0 Å². The van der Waals surface area contributed by atoms with Gasteiger partial charge in [-0.05, 0) is 19.9 Å². The van der Waals surface area contributed by atoms with E-state index in [-0.39, 0.29) is 11.3 Å². The van der Waals surface area contributed by atoms with Crippen molar-refractivity contribution >= 4 is 34.7 Å². The van der Waals surface area contributed by atoms with Crippen LogP contribution in [0.2, 0.25) is 0 Å². The zero-order valence-corrected chi connectivity index (χ0v) is 15.4. The first-order valence-corrected chi connectivity index (χ1v) is 8.76. The number of carbonyl (C=O) groups is 1. The Bertz CT molecular complexity index is 925. The number of hydrogen-bond donors (Lipinski definition) is 0. The zero-order valence-electron chi connectivity index (χ0n) is 14.5. The van der Waals surface area contributed by atoms with Crippen LogP contribution in [0.25, 0.3) is 16.9 Å². The molecule has 0 atom stereocenters. The molecule has 0 aliphatic rings. The van der Waals surface area contributed by atoms with Crippen LogP contribution in [0.1, 0.15) is 30.2 Å². The van der Waals surface area contributed by atoms with E-state index in [2.05, 4.69) is 22.7 Å². The van der Waals surface area contributed by atoms with E-state index in [1.165, 1.54) is 11.3 Å². The van der Waals surface area contributed by atoms with Gasteiger partial charge in [0.15, 0.2) is 5.76 Å². The van der Waals surface area contributed by atoms with E-state index in [1.54, 1.807) is 28.4 Å². The normalized spacial score (nSPS) is 12.6. The van der Waals surface area contributed by atoms with E-state index >= 15 is 0 Å². The van der Waals surface area contributed by atoms with Crippen LogP contribution >= 0.6 is 11.3 Å². The van der Waals surface area contributed by atoms with Gasteiger partial charge in [-0.3, -0.25) is 9.48 Å². The average Bonchev–Trinajstić information content (AvgIpc) is 3.31. The first-order valence-electron chi connectivity index (χ1n) is 7.88. The van der Waals surface area contributed by atoms with Gasteiger partial charge in [-0.1, -0.05) is 30.9 Å². The van der Waals surface area contributed by atoms with Crippen LogP contribution < -0.4 is 0 Å². The molecule has 0 fully saturated rings. The Morgan fingerprint density at radius 3 is 2.96 bits per heavy atom. The van der Waals surface area contributed by atoms with Crippen molar-refractivity contribution < 1.29 is 9.53 Å². The molecule has 2 heterocycles. The minimum absolute atomic E-state index is 0.138. The molecule has 0 aromatic carbocycles. The SMILES string of the molecule is C=C/C=C(\C=C/C)c1nc(/C(C#N)=C(\OC=O)c2ccnn2CC)cs1. The van der Waals surface area contributed by atoms with Crippen molar-refractivity contribution in [3.05, 3.63) is 64.9 Å². The molecule has 6 nitrogen and oxygen atoms in total. The molecule has 26 heavy (non-hydrogen) atoms. The van der Waals surface area contributed by atoms with Crippen LogP contribution in [-0.2, 0) is 16.1 Å². The molecule has 2 aromatic heterocycles. The molecule has 132 valence electrons. The van der Waals surface area contributed by atoms with E-state index < -0.39 is 0 Å². The molecular weight excluding hydrogens is 348 g/mol. The van der Waals surface area contributed by atoms with Crippen LogP contribution in [0, 0.1) is 11.3 Å². The summed E-state index contributed by atoms with van der Waals surface area (Å²) < 4.78 is 6.78. The lowest BCUT2D eigenvalue weighted by Crippen LogP contribution is -2.05. The summed E-state index contributed by atoms with van der Waals surface area (Å²) in [6.07, 6.45) is 8.92. The van der Waals surface area contributed by atoms with Crippen molar-refractivity contribution in [1.82, 2.24) is 14.8 Å². The molecular formula is C19H18N4O2S. The Balaban J connectivity index is 2.60. The van der Waals surface area contributed by atoms with Gasteiger partial charge in [0.05, 0.1) is 5.69 Å². The number of hydrogen-bond acceptors (Lipinski definition) is 6. The van der Waals surface area contributed by atoms with Gasteiger partial charge in [-0.15, -0.1) is 11.3 Å². The Hall–Kier alpha value is -3.24. The Kier molecular flexibility index (Phi) is 6.83. The van der Waals surface area contributed by atoms with Gasteiger partial charge in [-0.25, -0.2) is 4.98 Å². The van der Waals surface area contributed by atoms with Crippen LogP contribution in [0.15, 0.2) is 48.5 Å². The summed E-state index contributed by atoms with van der Waals surface area (Å²) in [5.41, 5.74) is 2.04. The molecule has 2 rings (SSSR count). The Morgan fingerprint density at radius 2 is 2.35 bits per heavy atom. The number of aromatic nitrogens is 3. The van der Waals surface area contributed by atoms with Crippen molar-refractivity contribution in [1.29, 1.82) is 5.26 Å². The summed E-state index contributed by atoms with van der Waals surface area (Å²) in [5, 5.41) is 16.3. The summed E-state index contributed by atoms with van der Waals surface area (Å²) >= 11 is 1.39. The monoisotopic (exact) mass is 366 g/mol. The van der Waals surface area contributed by atoms with Gasteiger partial charge in [0.25, 0.3) is 6.47 Å². The van der Waals surface area contributed by atoms with E-state index in [1.807, 2.05) is 32.1 Å². The number of nitriles is 1. The molecule has 0 bridgehead atoms. The molecule has 0 spiro atoms. The maximum absolute atomic E-state index is 11.0. The van der Waals surface area contributed by atoms with Gasteiger partial charge < -0.3 is 4.74 Å². The van der Waals surface area contributed by atoms with E-state index in [0.717, 1.165) is 10.6 Å². The summed E-state index contributed by atoms with van der Waals surface area (Å²) in [6.45, 7) is 8.40. The molecule has 0 N–H and O–H groups in total. The number of allylic oxidation sites excluding steroid dienone is 6. The van der Waals surface area contributed by atoms with Crippen LogP contribution in [-0.4, -0.2) is 21.2 Å². The second-order valence-corrected chi connectivity index (χ2v) is 5.82. The lowest BCUT2D eigenvalue weighted by Gasteiger charge is -2.08. The summed E-state index contributed by atoms with van der Waals surface area (Å²) in [6, 6.07) is 3.79. The Morgan fingerprint density at radius 1 is 1.54 bits per heavy atom. The van der Waals surface area contributed by atoms with Crippen LogP contribution in [0.3, 0.4) is 0 Å². The Labute approximate surface area is 156 Å². The number of carbonyl (C=O) groups excluding carboxylic acids is 1.